The normalized spacial score (nSPS) is 27.1. The third kappa shape index (κ3) is 7.11. The van der Waals surface area contributed by atoms with Crippen LogP contribution in [0.3, 0.4) is 0 Å². The lowest BCUT2D eigenvalue weighted by molar-refractivity contribution is -0.122. The van der Waals surface area contributed by atoms with Crippen molar-refractivity contribution in [3.8, 4) is 0 Å². The maximum Gasteiger partial charge on any atom is 0.410 e. The van der Waals surface area contributed by atoms with E-state index in [1.165, 1.54) is 0 Å². The molecule has 42 heavy (non-hydrogen) atoms. The zero-order valence-electron chi connectivity index (χ0n) is 25.2. The standard InChI is InChI=1S/C30H44ClN7O4/c1-6-19(38-20-7-8-21(38)18-37(17-20)25-16-26(31)34-35-28(25)32)13-27(33-5)41-24-14-23(15-24)40-22-9-11-36(12-10-22)29(39)42-30(2,3)4/h6,13,16,20-24H,5,7-12,14-15,17-18H2,1-4H3,(H2,32,35)/b19-6+,27-13+. The zero-order chi connectivity index (χ0) is 30.0. The van der Waals surface area contributed by atoms with Crippen molar-refractivity contribution < 1.29 is 19.0 Å². The molecule has 1 aromatic heterocycles. The van der Waals surface area contributed by atoms with E-state index in [-0.39, 0.29) is 24.4 Å². The van der Waals surface area contributed by atoms with Crippen LogP contribution in [-0.2, 0) is 14.2 Å². The Morgan fingerprint density at radius 3 is 2.36 bits per heavy atom. The van der Waals surface area contributed by atoms with Crippen molar-refractivity contribution in [1.29, 1.82) is 0 Å². The highest BCUT2D eigenvalue weighted by atomic mass is 35.5. The minimum atomic E-state index is -0.482. The lowest BCUT2D eigenvalue weighted by Crippen LogP contribution is -2.53. The number of rotatable bonds is 8. The molecule has 1 amide bonds. The van der Waals surface area contributed by atoms with Gasteiger partial charge in [-0.05, 0) is 60.1 Å². The predicted octanol–water partition coefficient (Wildman–Crippen LogP) is 4.77. The fraction of sp³-hybridized carbons (Fsp3) is 0.667. The molecule has 2 unspecified atom stereocenters. The minimum Gasteiger partial charge on any atom is -0.474 e. The number of nitrogen functional groups attached to an aromatic ring is 1. The molecule has 0 spiro atoms. The molecule has 1 saturated carbocycles. The van der Waals surface area contributed by atoms with Crippen LogP contribution in [0.2, 0.25) is 5.15 Å². The first kappa shape index (κ1) is 30.4. The Hall–Kier alpha value is -3.05. The van der Waals surface area contributed by atoms with E-state index < -0.39 is 5.60 Å². The largest absolute Gasteiger partial charge is 0.474 e. The number of aliphatic imine (C=N–C) groups is 1. The average Bonchev–Trinajstić information content (AvgIpc) is 3.18. The monoisotopic (exact) mass is 601 g/mol. The molecule has 2 atom stereocenters. The number of aromatic nitrogens is 2. The van der Waals surface area contributed by atoms with Gasteiger partial charge in [0.1, 0.15) is 11.7 Å². The Balaban J connectivity index is 1.10. The van der Waals surface area contributed by atoms with E-state index in [2.05, 4.69) is 37.8 Å². The van der Waals surface area contributed by atoms with Crippen LogP contribution < -0.4 is 10.6 Å². The van der Waals surface area contributed by atoms with Crippen molar-refractivity contribution in [3.63, 3.8) is 0 Å². The Labute approximate surface area is 253 Å². The number of ether oxygens (including phenoxy) is 3. The summed E-state index contributed by atoms with van der Waals surface area (Å²) in [5, 5.41) is 8.20. The molecule has 2 N–H and O–H groups in total. The number of halogens is 1. The van der Waals surface area contributed by atoms with Crippen molar-refractivity contribution in [3.05, 3.63) is 35.0 Å². The number of carbonyl (C=O) groups excluding carboxylic acids is 1. The molecule has 5 rings (SSSR count). The maximum atomic E-state index is 12.3. The Morgan fingerprint density at radius 2 is 1.76 bits per heavy atom. The predicted molar refractivity (Wildman–Crippen MR) is 164 cm³/mol. The van der Waals surface area contributed by atoms with Crippen LogP contribution in [0, 0.1) is 0 Å². The third-order valence-electron chi connectivity index (χ3n) is 8.43. The summed E-state index contributed by atoms with van der Waals surface area (Å²) < 4.78 is 18.1. The van der Waals surface area contributed by atoms with Crippen LogP contribution in [0.25, 0.3) is 0 Å². The Kier molecular flexibility index (Phi) is 9.17. The number of hydrogen-bond donors (Lipinski definition) is 1. The summed E-state index contributed by atoms with van der Waals surface area (Å²) in [4.78, 5) is 23.1. The first-order valence-corrected chi connectivity index (χ1v) is 15.4. The van der Waals surface area contributed by atoms with Crippen LogP contribution in [0.1, 0.15) is 66.2 Å². The highest BCUT2D eigenvalue weighted by molar-refractivity contribution is 6.29. The highest BCUT2D eigenvalue weighted by Gasteiger charge is 2.41. The number of anilines is 2. The fourth-order valence-corrected chi connectivity index (χ4v) is 6.50. The van der Waals surface area contributed by atoms with E-state index in [9.17, 15) is 4.79 Å². The number of likely N-dealkylation sites (tertiary alicyclic amines) is 1. The molecule has 3 saturated heterocycles. The summed E-state index contributed by atoms with van der Waals surface area (Å²) in [6.07, 6.45) is 9.69. The highest BCUT2D eigenvalue weighted by Crippen LogP contribution is 2.38. The molecule has 12 heteroatoms. The molecule has 4 heterocycles. The number of hydrogen-bond acceptors (Lipinski definition) is 10. The number of nitrogens with zero attached hydrogens (tertiary/aromatic N) is 6. The number of carbonyl (C=O) groups is 1. The lowest BCUT2D eigenvalue weighted by atomic mass is 9.91. The van der Waals surface area contributed by atoms with Crippen molar-refractivity contribution in [2.75, 3.05) is 36.8 Å². The van der Waals surface area contributed by atoms with E-state index in [1.807, 2.05) is 33.8 Å². The van der Waals surface area contributed by atoms with E-state index in [0.717, 1.165) is 63.0 Å². The molecule has 2 bridgehead atoms. The maximum absolute atomic E-state index is 12.3. The Bertz CT molecular complexity index is 1190. The van der Waals surface area contributed by atoms with Crippen molar-refractivity contribution in [1.82, 2.24) is 20.0 Å². The van der Waals surface area contributed by atoms with Crippen molar-refractivity contribution in [2.24, 2.45) is 4.99 Å². The second-order valence-corrected chi connectivity index (χ2v) is 13.0. The summed E-state index contributed by atoms with van der Waals surface area (Å²) in [6, 6.07) is 2.45. The lowest BCUT2D eigenvalue weighted by Gasteiger charge is -2.44. The molecule has 1 aliphatic carbocycles. The van der Waals surface area contributed by atoms with Gasteiger partial charge in [-0.1, -0.05) is 17.7 Å². The SMILES string of the molecule is C=N/C(=C\C(=C/C)N1C2CCC1CN(c1cc(Cl)nnc1N)C2)OC1CC(OC2CCN(C(=O)OC(C)(C)C)CC2)C1. The van der Waals surface area contributed by atoms with Gasteiger partial charge in [-0.25, -0.2) is 9.79 Å². The number of allylic oxidation sites excluding steroid dienone is 2. The topological polar surface area (TPSA) is 119 Å². The molecule has 11 nitrogen and oxygen atoms in total. The minimum absolute atomic E-state index is 0.0483. The van der Waals surface area contributed by atoms with Crippen molar-refractivity contribution >= 4 is 35.9 Å². The number of amides is 1. The molecule has 4 fully saturated rings. The van der Waals surface area contributed by atoms with E-state index in [0.29, 0.717) is 42.0 Å². The summed E-state index contributed by atoms with van der Waals surface area (Å²) in [5.41, 5.74) is 7.58. The van der Waals surface area contributed by atoms with Crippen LogP contribution in [0.15, 0.2) is 34.8 Å². The van der Waals surface area contributed by atoms with Gasteiger partial charge < -0.3 is 34.6 Å². The average molecular weight is 602 g/mol. The van der Waals surface area contributed by atoms with E-state index in [1.54, 1.807) is 11.0 Å². The molecule has 4 aliphatic rings. The quantitative estimate of drug-likeness (QED) is 0.255. The van der Waals surface area contributed by atoms with E-state index in [4.69, 9.17) is 31.5 Å². The van der Waals surface area contributed by atoms with Gasteiger partial charge in [-0.3, -0.25) is 0 Å². The van der Waals surface area contributed by atoms with Gasteiger partial charge in [0.2, 0.25) is 5.88 Å². The number of nitrogens with two attached hydrogens (primary N) is 1. The fourth-order valence-electron chi connectivity index (χ4n) is 6.36. The molecular weight excluding hydrogens is 558 g/mol. The van der Waals surface area contributed by atoms with Gasteiger partial charge >= 0.3 is 6.09 Å². The molecular formula is C30H44ClN7O4. The van der Waals surface area contributed by atoms with Gasteiger partial charge in [0, 0.05) is 68.9 Å². The molecule has 230 valence electrons. The number of piperazine rings is 1. The van der Waals surface area contributed by atoms with Crippen molar-refractivity contribution in [2.45, 2.75) is 102 Å². The molecule has 3 aliphatic heterocycles. The van der Waals surface area contributed by atoms with Crippen LogP contribution in [-0.4, -0.2) is 95.0 Å². The molecule has 1 aromatic rings. The number of piperidine rings is 1. The van der Waals surface area contributed by atoms with Gasteiger partial charge in [0.15, 0.2) is 11.0 Å². The second-order valence-electron chi connectivity index (χ2n) is 12.6. The van der Waals surface area contributed by atoms with E-state index >= 15 is 0 Å². The first-order valence-electron chi connectivity index (χ1n) is 15.0. The second kappa shape index (κ2) is 12.7. The smallest absolute Gasteiger partial charge is 0.410 e. The Morgan fingerprint density at radius 1 is 1.10 bits per heavy atom. The summed E-state index contributed by atoms with van der Waals surface area (Å²) in [5.74, 6) is 0.937. The van der Waals surface area contributed by atoms with Gasteiger partial charge in [0.25, 0.3) is 0 Å². The molecule has 0 aromatic carbocycles. The summed E-state index contributed by atoms with van der Waals surface area (Å²) in [7, 11) is 0. The van der Waals surface area contributed by atoms with Crippen LogP contribution in [0.5, 0.6) is 0 Å². The van der Waals surface area contributed by atoms with Gasteiger partial charge in [0.05, 0.1) is 17.9 Å². The van der Waals surface area contributed by atoms with Crippen LogP contribution in [0.4, 0.5) is 16.3 Å². The van der Waals surface area contributed by atoms with Gasteiger partial charge in [-0.2, -0.15) is 0 Å². The summed E-state index contributed by atoms with van der Waals surface area (Å²) in [6.45, 7) is 14.4. The van der Waals surface area contributed by atoms with Crippen LogP contribution >= 0.6 is 11.6 Å². The number of fused-ring (bicyclic) bond motifs is 2. The van der Waals surface area contributed by atoms with Gasteiger partial charge in [-0.15, -0.1) is 10.2 Å². The summed E-state index contributed by atoms with van der Waals surface area (Å²) >= 11 is 6.11. The third-order valence-corrected chi connectivity index (χ3v) is 8.62. The molecule has 0 radical (unpaired) electrons. The zero-order valence-corrected chi connectivity index (χ0v) is 25.9. The first-order chi connectivity index (χ1) is 20.0.